The summed E-state index contributed by atoms with van der Waals surface area (Å²) in [5.74, 6) is 0. The van der Waals surface area contributed by atoms with Gasteiger partial charge >= 0.3 is 0 Å². The molecule has 0 aliphatic heterocycles. The highest BCUT2D eigenvalue weighted by atomic mass is 79.9. The van der Waals surface area contributed by atoms with Crippen LogP contribution in [0.15, 0.2) is 16.9 Å². The van der Waals surface area contributed by atoms with Gasteiger partial charge in [-0.05, 0) is 35.3 Å². The molecular weight excluding hydrogens is 192 g/mol. The van der Waals surface area contributed by atoms with Crippen LogP contribution in [0.3, 0.4) is 0 Å². The summed E-state index contributed by atoms with van der Waals surface area (Å²) in [4.78, 5) is 0. The van der Waals surface area contributed by atoms with Crippen molar-refractivity contribution in [3.05, 3.63) is 16.9 Å². The maximum absolute atomic E-state index is 4.21. The van der Waals surface area contributed by atoms with Gasteiger partial charge in [-0.1, -0.05) is 6.92 Å². The Kier molecular flexibility index (Phi) is 2.49. The SMILES string of the molecule is CC[C@H](C)n1ccc(Br)n1. The van der Waals surface area contributed by atoms with Crippen molar-refractivity contribution in [3.63, 3.8) is 0 Å². The zero-order chi connectivity index (χ0) is 7.56. The fraction of sp³-hybridized carbons (Fsp3) is 0.571. The molecule has 0 unspecified atom stereocenters. The molecule has 0 saturated heterocycles. The molecule has 0 aliphatic rings. The Morgan fingerprint density at radius 1 is 1.80 bits per heavy atom. The van der Waals surface area contributed by atoms with Crippen LogP contribution in [0.4, 0.5) is 0 Å². The van der Waals surface area contributed by atoms with E-state index in [1.54, 1.807) is 0 Å². The quantitative estimate of drug-likeness (QED) is 0.722. The van der Waals surface area contributed by atoms with E-state index < -0.39 is 0 Å². The van der Waals surface area contributed by atoms with Crippen molar-refractivity contribution in [1.29, 1.82) is 0 Å². The lowest BCUT2D eigenvalue weighted by Gasteiger charge is -2.07. The first-order chi connectivity index (χ1) is 4.74. The molecule has 0 spiro atoms. The van der Waals surface area contributed by atoms with E-state index in [9.17, 15) is 0 Å². The van der Waals surface area contributed by atoms with Crippen LogP contribution < -0.4 is 0 Å². The van der Waals surface area contributed by atoms with Crippen LogP contribution in [0, 0.1) is 0 Å². The molecule has 3 heteroatoms. The normalized spacial score (nSPS) is 13.5. The third kappa shape index (κ3) is 1.59. The highest BCUT2D eigenvalue weighted by Crippen LogP contribution is 2.11. The molecule has 0 aliphatic carbocycles. The number of hydrogen-bond acceptors (Lipinski definition) is 1. The van der Waals surface area contributed by atoms with Gasteiger partial charge in [-0.3, -0.25) is 4.68 Å². The standard InChI is InChI=1S/C7H11BrN2/c1-3-6(2)10-5-4-7(8)9-10/h4-6H,3H2,1-2H3/t6-/m0/s1. The second kappa shape index (κ2) is 3.19. The van der Waals surface area contributed by atoms with Crippen LogP contribution in [0.2, 0.25) is 0 Å². The Balaban J connectivity index is 2.74. The summed E-state index contributed by atoms with van der Waals surface area (Å²) < 4.78 is 2.87. The average Bonchev–Trinajstić information content (AvgIpc) is 2.34. The lowest BCUT2D eigenvalue weighted by molar-refractivity contribution is 0.476. The molecule has 0 amide bonds. The summed E-state index contributed by atoms with van der Waals surface area (Å²) in [6.07, 6.45) is 3.10. The van der Waals surface area contributed by atoms with Gasteiger partial charge in [0, 0.05) is 12.2 Å². The molecule has 0 aromatic carbocycles. The van der Waals surface area contributed by atoms with Gasteiger partial charge in [-0.2, -0.15) is 5.10 Å². The molecule has 1 aromatic rings. The van der Waals surface area contributed by atoms with Gasteiger partial charge in [0.05, 0.1) is 0 Å². The van der Waals surface area contributed by atoms with Crippen LogP contribution in [0.25, 0.3) is 0 Å². The number of nitrogens with zero attached hydrogens (tertiary/aromatic N) is 2. The Labute approximate surface area is 69.4 Å². The molecule has 1 aromatic heterocycles. The molecule has 0 N–H and O–H groups in total. The number of hydrogen-bond donors (Lipinski definition) is 0. The van der Waals surface area contributed by atoms with Crippen molar-refractivity contribution in [2.45, 2.75) is 26.3 Å². The van der Waals surface area contributed by atoms with Crippen molar-refractivity contribution in [2.24, 2.45) is 0 Å². The zero-order valence-electron chi connectivity index (χ0n) is 6.21. The largest absolute Gasteiger partial charge is 0.269 e. The fourth-order valence-corrected chi connectivity index (χ4v) is 1.05. The van der Waals surface area contributed by atoms with Gasteiger partial charge in [-0.25, -0.2) is 0 Å². The Hall–Kier alpha value is -0.310. The minimum absolute atomic E-state index is 0.506. The van der Waals surface area contributed by atoms with E-state index in [-0.39, 0.29) is 0 Å². The zero-order valence-corrected chi connectivity index (χ0v) is 7.80. The van der Waals surface area contributed by atoms with Crippen molar-refractivity contribution < 1.29 is 0 Å². The van der Waals surface area contributed by atoms with E-state index in [1.165, 1.54) is 0 Å². The molecular formula is C7H11BrN2. The van der Waals surface area contributed by atoms with E-state index in [0.717, 1.165) is 11.0 Å². The summed E-state index contributed by atoms with van der Waals surface area (Å²) in [7, 11) is 0. The van der Waals surface area contributed by atoms with Crippen molar-refractivity contribution in [2.75, 3.05) is 0 Å². The van der Waals surface area contributed by atoms with Crippen molar-refractivity contribution in [3.8, 4) is 0 Å². The second-order valence-electron chi connectivity index (χ2n) is 2.38. The van der Waals surface area contributed by atoms with Crippen molar-refractivity contribution >= 4 is 15.9 Å². The molecule has 1 rings (SSSR count). The molecule has 0 fully saturated rings. The Bertz CT molecular complexity index is 207. The van der Waals surface area contributed by atoms with Crippen LogP contribution >= 0.6 is 15.9 Å². The van der Waals surface area contributed by atoms with Crippen molar-refractivity contribution in [1.82, 2.24) is 9.78 Å². The fourth-order valence-electron chi connectivity index (χ4n) is 0.747. The molecule has 0 saturated carbocycles. The van der Waals surface area contributed by atoms with E-state index in [1.807, 2.05) is 16.9 Å². The smallest absolute Gasteiger partial charge is 0.128 e. The topological polar surface area (TPSA) is 17.8 Å². The van der Waals surface area contributed by atoms with Gasteiger partial charge in [0.25, 0.3) is 0 Å². The predicted octanol–water partition coefficient (Wildman–Crippen LogP) is 2.62. The molecule has 1 heterocycles. The summed E-state index contributed by atoms with van der Waals surface area (Å²) in [6.45, 7) is 4.31. The number of halogens is 1. The first-order valence-electron chi connectivity index (χ1n) is 3.44. The molecule has 10 heavy (non-hydrogen) atoms. The summed E-state index contributed by atoms with van der Waals surface area (Å²) in [5.41, 5.74) is 0. The third-order valence-corrected chi connectivity index (χ3v) is 2.04. The second-order valence-corrected chi connectivity index (χ2v) is 3.19. The average molecular weight is 203 g/mol. The summed E-state index contributed by atoms with van der Waals surface area (Å²) in [5, 5.41) is 4.21. The predicted molar refractivity (Wildman–Crippen MR) is 44.9 cm³/mol. The maximum Gasteiger partial charge on any atom is 0.128 e. The molecule has 1 atom stereocenters. The maximum atomic E-state index is 4.21. The van der Waals surface area contributed by atoms with Gasteiger partial charge < -0.3 is 0 Å². The van der Waals surface area contributed by atoms with Gasteiger partial charge in [0.2, 0.25) is 0 Å². The lowest BCUT2D eigenvalue weighted by Crippen LogP contribution is -2.03. The van der Waals surface area contributed by atoms with Crippen LogP contribution in [0.1, 0.15) is 26.3 Å². The van der Waals surface area contributed by atoms with Gasteiger partial charge in [-0.15, -0.1) is 0 Å². The van der Waals surface area contributed by atoms with Gasteiger partial charge in [0.1, 0.15) is 4.60 Å². The van der Waals surface area contributed by atoms with E-state index >= 15 is 0 Å². The minimum Gasteiger partial charge on any atom is -0.269 e. The highest BCUT2D eigenvalue weighted by molar-refractivity contribution is 9.10. The monoisotopic (exact) mass is 202 g/mol. The summed E-state index contributed by atoms with van der Waals surface area (Å²) in [6, 6.07) is 2.46. The third-order valence-electron chi connectivity index (χ3n) is 1.62. The number of rotatable bonds is 2. The Morgan fingerprint density at radius 2 is 2.50 bits per heavy atom. The molecule has 0 radical (unpaired) electrons. The van der Waals surface area contributed by atoms with E-state index in [2.05, 4.69) is 34.9 Å². The molecule has 56 valence electrons. The van der Waals surface area contributed by atoms with Crippen LogP contribution in [-0.4, -0.2) is 9.78 Å². The first kappa shape index (κ1) is 7.79. The van der Waals surface area contributed by atoms with Gasteiger partial charge in [0.15, 0.2) is 0 Å². The van der Waals surface area contributed by atoms with Crippen LogP contribution in [0.5, 0.6) is 0 Å². The molecule has 2 nitrogen and oxygen atoms in total. The lowest BCUT2D eigenvalue weighted by atomic mass is 10.3. The molecule has 0 bridgehead atoms. The Morgan fingerprint density at radius 3 is 2.90 bits per heavy atom. The summed E-state index contributed by atoms with van der Waals surface area (Å²) >= 11 is 3.30. The van der Waals surface area contributed by atoms with E-state index in [0.29, 0.717) is 6.04 Å². The van der Waals surface area contributed by atoms with E-state index in [4.69, 9.17) is 0 Å². The first-order valence-corrected chi connectivity index (χ1v) is 4.24. The van der Waals surface area contributed by atoms with Crippen LogP contribution in [-0.2, 0) is 0 Å². The minimum atomic E-state index is 0.506. The number of aromatic nitrogens is 2. The highest BCUT2D eigenvalue weighted by Gasteiger charge is 2.01.